The number of carbonyl (C=O) groups excluding carboxylic acids is 2. The van der Waals surface area contributed by atoms with E-state index in [4.69, 9.17) is 15.1 Å². The summed E-state index contributed by atoms with van der Waals surface area (Å²) in [6, 6.07) is 2.43. The normalized spacial score (nSPS) is 21.6. The molecule has 1 aromatic rings. The molecular formula is C26H33N5O6. The number of piperidine rings is 1. The summed E-state index contributed by atoms with van der Waals surface area (Å²) in [6.07, 6.45) is 12.3. The quantitative estimate of drug-likeness (QED) is 0.142. The van der Waals surface area contributed by atoms with Crippen LogP contribution in [0, 0.1) is 0 Å². The highest BCUT2D eigenvalue weighted by Crippen LogP contribution is 2.30. The van der Waals surface area contributed by atoms with E-state index < -0.39 is 17.8 Å². The Morgan fingerprint density at radius 2 is 1.95 bits per heavy atom. The molecule has 1 atom stereocenters. The predicted octanol–water partition coefficient (Wildman–Crippen LogP) is 4.55. The van der Waals surface area contributed by atoms with Gasteiger partial charge in [-0.25, -0.2) is 4.79 Å². The minimum Gasteiger partial charge on any atom is -0.508 e. The third kappa shape index (κ3) is 8.88. The zero-order chi connectivity index (χ0) is 26.5. The molecule has 0 bridgehead atoms. The fourth-order valence-corrected chi connectivity index (χ4v) is 4.23. The Balaban J connectivity index is 1.84. The number of azide groups is 1. The molecule has 1 aromatic carbocycles. The number of fused-ring (bicyclic) bond motifs is 1. The fourth-order valence-electron chi connectivity index (χ4n) is 4.23. The minimum absolute atomic E-state index is 0.0417. The number of phenolic OH excluding ortho intramolecular Hbond substituents is 2. The van der Waals surface area contributed by atoms with E-state index in [0.717, 1.165) is 31.7 Å². The van der Waals surface area contributed by atoms with Crippen LogP contribution in [0.3, 0.4) is 0 Å². The lowest BCUT2D eigenvalue weighted by Gasteiger charge is -2.26. The zero-order valence-corrected chi connectivity index (χ0v) is 20.8. The van der Waals surface area contributed by atoms with Gasteiger partial charge in [-0.15, -0.1) is 0 Å². The number of benzene rings is 1. The largest absolute Gasteiger partial charge is 0.508 e. The first-order chi connectivity index (χ1) is 18.0. The number of cyclic esters (lactones) is 1. The van der Waals surface area contributed by atoms with Gasteiger partial charge in [-0.1, -0.05) is 28.5 Å². The number of rotatable bonds is 6. The first-order valence-corrected chi connectivity index (χ1v) is 12.5. The van der Waals surface area contributed by atoms with Crippen LogP contribution in [0.1, 0.15) is 60.9 Å². The molecule has 3 rings (SSSR count). The van der Waals surface area contributed by atoms with Crippen molar-refractivity contribution >= 4 is 17.6 Å². The molecule has 0 saturated carbocycles. The van der Waals surface area contributed by atoms with Crippen LogP contribution < -0.4 is 0 Å². The van der Waals surface area contributed by atoms with E-state index in [2.05, 4.69) is 15.2 Å². The monoisotopic (exact) mass is 511 g/mol. The van der Waals surface area contributed by atoms with E-state index in [9.17, 15) is 19.8 Å². The molecule has 1 amide bonds. The van der Waals surface area contributed by atoms with E-state index in [1.807, 2.05) is 18.2 Å². The smallest absolute Gasteiger partial charge is 0.342 e. The van der Waals surface area contributed by atoms with E-state index >= 15 is 0 Å². The Labute approximate surface area is 215 Å². The van der Waals surface area contributed by atoms with E-state index in [0.29, 0.717) is 43.6 Å². The third-order valence-corrected chi connectivity index (χ3v) is 6.10. The summed E-state index contributed by atoms with van der Waals surface area (Å²) in [5.74, 6) is -1.56. The summed E-state index contributed by atoms with van der Waals surface area (Å²) in [5, 5.41) is 28.3. The zero-order valence-electron chi connectivity index (χ0n) is 20.8. The van der Waals surface area contributed by atoms with Crippen LogP contribution in [-0.2, 0) is 20.8 Å². The van der Waals surface area contributed by atoms with Gasteiger partial charge < -0.3 is 24.7 Å². The molecule has 37 heavy (non-hydrogen) atoms. The molecule has 2 aliphatic heterocycles. The van der Waals surface area contributed by atoms with Gasteiger partial charge in [0.05, 0.1) is 5.71 Å². The molecule has 1 fully saturated rings. The summed E-state index contributed by atoms with van der Waals surface area (Å²) in [7, 11) is 0. The van der Waals surface area contributed by atoms with Crippen molar-refractivity contribution in [1.29, 1.82) is 0 Å². The molecule has 0 spiro atoms. The molecule has 11 nitrogen and oxygen atoms in total. The third-order valence-electron chi connectivity index (χ3n) is 6.10. The number of hydrogen-bond acceptors (Lipinski definition) is 8. The maximum atomic E-state index is 13.1. The number of nitrogens with zero attached hydrogens (tertiary/aromatic N) is 5. The molecule has 2 N–H and O–H groups in total. The lowest BCUT2D eigenvalue weighted by molar-refractivity contribution is -0.137. The van der Waals surface area contributed by atoms with Crippen molar-refractivity contribution in [3.63, 3.8) is 0 Å². The van der Waals surface area contributed by atoms with Gasteiger partial charge in [-0.2, -0.15) is 0 Å². The van der Waals surface area contributed by atoms with Gasteiger partial charge in [0.1, 0.15) is 23.2 Å². The average molecular weight is 512 g/mol. The summed E-state index contributed by atoms with van der Waals surface area (Å²) < 4.78 is 5.65. The van der Waals surface area contributed by atoms with Crippen molar-refractivity contribution in [2.45, 2.75) is 57.5 Å². The second-order valence-electron chi connectivity index (χ2n) is 8.93. The van der Waals surface area contributed by atoms with Crippen LogP contribution in [0.15, 0.2) is 46.7 Å². The van der Waals surface area contributed by atoms with E-state index in [1.54, 1.807) is 11.0 Å². The van der Waals surface area contributed by atoms with Gasteiger partial charge >= 0.3 is 5.97 Å². The number of ether oxygens (including phenoxy) is 1. The molecule has 1 saturated heterocycles. The Kier molecular flexibility index (Phi) is 10.9. The van der Waals surface area contributed by atoms with Crippen LogP contribution in [0.25, 0.3) is 10.4 Å². The van der Waals surface area contributed by atoms with Crippen molar-refractivity contribution in [3.8, 4) is 11.5 Å². The van der Waals surface area contributed by atoms with Crippen LogP contribution in [0.2, 0.25) is 0 Å². The van der Waals surface area contributed by atoms with Crippen molar-refractivity contribution in [1.82, 2.24) is 4.90 Å². The highest BCUT2D eigenvalue weighted by atomic mass is 16.6. The van der Waals surface area contributed by atoms with Gasteiger partial charge in [0.25, 0.3) is 5.91 Å². The Morgan fingerprint density at radius 1 is 1.16 bits per heavy atom. The number of carbonyl (C=O) groups is 2. The number of amides is 1. The van der Waals surface area contributed by atoms with Crippen molar-refractivity contribution in [2.24, 2.45) is 10.3 Å². The molecule has 11 heteroatoms. The summed E-state index contributed by atoms with van der Waals surface area (Å²) in [5.41, 5.74) is 9.16. The molecule has 2 heterocycles. The van der Waals surface area contributed by atoms with Crippen LogP contribution in [0.5, 0.6) is 11.5 Å². The second-order valence-corrected chi connectivity index (χ2v) is 8.93. The molecular weight excluding hydrogens is 478 g/mol. The first kappa shape index (κ1) is 27.6. The molecule has 198 valence electrons. The summed E-state index contributed by atoms with van der Waals surface area (Å²) >= 11 is 0. The molecule has 0 aromatic heterocycles. The molecule has 0 radical (unpaired) electrons. The van der Waals surface area contributed by atoms with Gasteiger partial charge in [0, 0.05) is 43.5 Å². The lowest BCUT2D eigenvalue weighted by Crippen LogP contribution is -2.37. The summed E-state index contributed by atoms with van der Waals surface area (Å²) in [4.78, 5) is 35.4. The lowest BCUT2D eigenvalue weighted by atomic mass is 9.99. The fraction of sp³-hybridized carbons (Fsp3) is 0.500. The minimum atomic E-state index is -0.770. The molecule has 2 aliphatic rings. The van der Waals surface area contributed by atoms with Crippen molar-refractivity contribution < 1.29 is 29.4 Å². The number of aromatic hydroxyl groups is 2. The Bertz CT molecular complexity index is 1090. The predicted molar refractivity (Wildman–Crippen MR) is 137 cm³/mol. The number of hydrogen-bond donors (Lipinski definition) is 2. The van der Waals surface area contributed by atoms with Crippen molar-refractivity contribution in [2.75, 3.05) is 26.2 Å². The maximum absolute atomic E-state index is 13.1. The first-order valence-electron chi connectivity index (χ1n) is 12.5. The van der Waals surface area contributed by atoms with E-state index in [1.165, 1.54) is 6.07 Å². The topological polar surface area (TPSA) is 157 Å². The Hall–Kier alpha value is -3.98. The number of allylic oxidation sites excluding steroid dienone is 3. The molecule has 1 unspecified atom stereocenters. The number of oxime groups is 1. The van der Waals surface area contributed by atoms with Crippen molar-refractivity contribution in [3.05, 3.63) is 58.0 Å². The highest BCUT2D eigenvalue weighted by Gasteiger charge is 2.24. The Morgan fingerprint density at radius 3 is 2.73 bits per heavy atom. The van der Waals surface area contributed by atoms with Crippen LogP contribution in [0.4, 0.5) is 0 Å². The maximum Gasteiger partial charge on any atom is 0.342 e. The van der Waals surface area contributed by atoms with Gasteiger partial charge in [-0.3, -0.25) is 4.79 Å². The molecule has 0 aliphatic carbocycles. The van der Waals surface area contributed by atoms with Gasteiger partial charge in [0.15, 0.2) is 6.61 Å². The standard InChI is InChI=1S/C26H33N5O6/c27-30-28-12-11-22-10-6-3-1-2-5-9-20(29-36-18-24(34)31-13-7-4-8-14-31)15-19-16-21(32)17-23(33)25(19)26(35)37-22/h3,5-6,9,16-17,22,32-33H,1-2,4,7-8,10-15,18H2/b6-3+,9-5+,29-20+. The summed E-state index contributed by atoms with van der Waals surface area (Å²) in [6.45, 7) is 1.38. The number of likely N-dealkylation sites (tertiary alicyclic amines) is 1. The van der Waals surface area contributed by atoms with Crippen LogP contribution in [-0.4, -0.2) is 65.0 Å². The van der Waals surface area contributed by atoms with E-state index in [-0.39, 0.29) is 36.8 Å². The number of esters is 1. The van der Waals surface area contributed by atoms with Crippen LogP contribution >= 0.6 is 0 Å². The van der Waals surface area contributed by atoms with Gasteiger partial charge in [0.2, 0.25) is 0 Å². The van der Waals surface area contributed by atoms with Gasteiger partial charge in [-0.05, 0) is 61.8 Å². The number of phenols is 2. The average Bonchev–Trinajstić information content (AvgIpc) is 2.87. The highest BCUT2D eigenvalue weighted by molar-refractivity contribution is 6.00. The SMILES string of the molecule is [N-]=[N+]=NCCC1C/C=C/CC/C=C/C(=N\OCC(=O)N2CCCCC2)Cc2cc(O)cc(O)c2C(=O)O1. The second kappa shape index (κ2) is 14.5.